The van der Waals surface area contributed by atoms with E-state index in [1.807, 2.05) is 18.2 Å². The number of furan rings is 1. The topological polar surface area (TPSA) is 87.7 Å². The Labute approximate surface area is 188 Å². The highest BCUT2D eigenvalue weighted by Gasteiger charge is 2.47. The lowest BCUT2D eigenvalue weighted by Gasteiger charge is -2.24. The summed E-state index contributed by atoms with van der Waals surface area (Å²) in [5, 5.41) is 20.8. The van der Waals surface area contributed by atoms with Gasteiger partial charge in [-0.15, -0.1) is 0 Å². The van der Waals surface area contributed by atoms with Crippen LogP contribution in [0.25, 0.3) is 11.0 Å². The lowest BCUT2D eigenvalue weighted by Crippen LogP contribution is -2.43. The zero-order chi connectivity index (χ0) is 22.3. The van der Waals surface area contributed by atoms with Gasteiger partial charge in [0, 0.05) is 22.3 Å². The van der Waals surface area contributed by atoms with Crippen molar-refractivity contribution >= 4 is 34.7 Å². The fraction of sp³-hybridized carbons (Fsp3) is 0.600. The highest BCUT2D eigenvalue weighted by atomic mass is 32.2. The molecule has 0 bridgehead atoms. The fourth-order valence-corrected chi connectivity index (χ4v) is 5.59. The van der Waals surface area contributed by atoms with Crippen molar-refractivity contribution in [2.75, 3.05) is 0 Å². The average molecular weight is 447 g/mol. The third kappa shape index (κ3) is 5.65. The van der Waals surface area contributed by atoms with Gasteiger partial charge in [-0.25, -0.2) is 0 Å². The molecule has 1 aromatic heterocycles. The van der Waals surface area contributed by atoms with E-state index < -0.39 is 16.7 Å². The normalized spacial score (nSPS) is 14.0. The Morgan fingerprint density at radius 2 is 1.61 bits per heavy atom. The molecule has 2 aromatic rings. The molecule has 0 saturated carbocycles. The molecule has 6 heteroatoms. The SMILES string of the molecule is CCCCCCCCCCC(Sc1ccc2c3c(oc2c1)CCCC3)(C(=O)O)C(=O)O. The summed E-state index contributed by atoms with van der Waals surface area (Å²) in [5.41, 5.74) is 1.98. The van der Waals surface area contributed by atoms with Crippen molar-refractivity contribution in [2.45, 2.75) is 100 Å². The first kappa shape index (κ1) is 23.7. The van der Waals surface area contributed by atoms with Crippen molar-refractivity contribution in [3.63, 3.8) is 0 Å². The second-order valence-electron chi connectivity index (χ2n) is 8.63. The van der Waals surface area contributed by atoms with Crippen molar-refractivity contribution in [2.24, 2.45) is 0 Å². The van der Waals surface area contributed by atoms with Crippen LogP contribution in [0.2, 0.25) is 0 Å². The molecular weight excluding hydrogens is 412 g/mol. The molecule has 0 amide bonds. The molecule has 0 fully saturated rings. The number of carbonyl (C=O) groups is 2. The predicted molar refractivity (Wildman–Crippen MR) is 124 cm³/mol. The van der Waals surface area contributed by atoms with Crippen LogP contribution in [-0.2, 0) is 22.4 Å². The zero-order valence-corrected chi connectivity index (χ0v) is 19.3. The summed E-state index contributed by atoms with van der Waals surface area (Å²) in [4.78, 5) is 24.8. The third-order valence-corrected chi connectivity index (χ3v) is 7.69. The molecule has 5 nitrogen and oxygen atoms in total. The van der Waals surface area contributed by atoms with Crippen molar-refractivity contribution < 1.29 is 24.2 Å². The van der Waals surface area contributed by atoms with E-state index in [4.69, 9.17) is 4.42 Å². The van der Waals surface area contributed by atoms with Gasteiger partial charge in [-0.2, -0.15) is 0 Å². The van der Waals surface area contributed by atoms with Gasteiger partial charge in [0.2, 0.25) is 4.75 Å². The standard InChI is InChI=1S/C25H34O5S/c1-2-3-4-5-6-7-8-11-16-25(23(26)27,24(28)29)31-18-14-15-20-19-12-9-10-13-21(19)30-22(20)17-18/h14-15,17H,2-13,16H2,1H3,(H,26,27)(H,28,29). The number of benzene rings is 1. The van der Waals surface area contributed by atoms with Gasteiger partial charge in [-0.05, 0) is 43.9 Å². The summed E-state index contributed by atoms with van der Waals surface area (Å²) < 4.78 is 4.14. The van der Waals surface area contributed by atoms with Gasteiger partial charge in [0.15, 0.2) is 0 Å². The quantitative estimate of drug-likeness (QED) is 0.199. The molecule has 0 atom stereocenters. The van der Waals surface area contributed by atoms with Crippen LogP contribution in [0.15, 0.2) is 27.5 Å². The minimum atomic E-state index is -1.87. The van der Waals surface area contributed by atoms with E-state index in [0.29, 0.717) is 11.3 Å². The number of rotatable bonds is 13. The molecule has 0 aliphatic heterocycles. The number of aliphatic carboxylic acids is 2. The number of unbranched alkanes of at least 4 members (excludes halogenated alkanes) is 7. The van der Waals surface area contributed by atoms with E-state index >= 15 is 0 Å². The van der Waals surface area contributed by atoms with E-state index in [1.165, 1.54) is 31.2 Å². The van der Waals surface area contributed by atoms with Crippen molar-refractivity contribution in [1.29, 1.82) is 0 Å². The van der Waals surface area contributed by atoms with Crippen LogP contribution in [0.5, 0.6) is 0 Å². The summed E-state index contributed by atoms with van der Waals surface area (Å²) >= 11 is 0.929. The van der Waals surface area contributed by atoms with Crippen LogP contribution in [0.1, 0.15) is 88.9 Å². The summed E-state index contributed by atoms with van der Waals surface area (Å²) in [6.07, 6.45) is 12.8. The molecule has 1 aliphatic rings. The molecule has 0 radical (unpaired) electrons. The number of carboxylic acids is 2. The van der Waals surface area contributed by atoms with Crippen molar-refractivity contribution in [1.82, 2.24) is 0 Å². The number of fused-ring (bicyclic) bond motifs is 3. The number of hydrogen-bond acceptors (Lipinski definition) is 4. The summed E-state index contributed by atoms with van der Waals surface area (Å²) in [7, 11) is 0. The van der Waals surface area contributed by atoms with Gasteiger partial charge < -0.3 is 14.6 Å². The van der Waals surface area contributed by atoms with E-state index in [2.05, 4.69) is 6.92 Å². The molecule has 0 unspecified atom stereocenters. The highest BCUT2D eigenvalue weighted by Crippen LogP contribution is 2.41. The second-order valence-corrected chi connectivity index (χ2v) is 10.0. The largest absolute Gasteiger partial charge is 0.480 e. The first-order valence-electron chi connectivity index (χ1n) is 11.7. The minimum Gasteiger partial charge on any atom is -0.480 e. The first-order chi connectivity index (χ1) is 15.0. The van der Waals surface area contributed by atoms with Gasteiger partial charge in [-0.3, -0.25) is 9.59 Å². The number of thioether (sulfide) groups is 1. The second kappa shape index (κ2) is 11.1. The van der Waals surface area contributed by atoms with Crippen molar-refractivity contribution in [3.05, 3.63) is 29.5 Å². The molecule has 1 aromatic carbocycles. The maximum Gasteiger partial charge on any atom is 0.331 e. The molecule has 31 heavy (non-hydrogen) atoms. The molecule has 0 spiro atoms. The smallest absolute Gasteiger partial charge is 0.331 e. The van der Waals surface area contributed by atoms with E-state index in [-0.39, 0.29) is 6.42 Å². The van der Waals surface area contributed by atoms with Gasteiger partial charge in [0.25, 0.3) is 0 Å². The third-order valence-electron chi connectivity index (χ3n) is 6.29. The number of hydrogen-bond donors (Lipinski definition) is 2. The van der Waals surface area contributed by atoms with Gasteiger partial charge >= 0.3 is 11.9 Å². The van der Waals surface area contributed by atoms with Crippen LogP contribution in [0.4, 0.5) is 0 Å². The first-order valence-corrected chi connectivity index (χ1v) is 12.5. The van der Waals surface area contributed by atoms with Crippen LogP contribution in [-0.4, -0.2) is 26.9 Å². The Morgan fingerprint density at radius 1 is 0.968 bits per heavy atom. The Morgan fingerprint density at radius 3 is 2.29 bits per heavy atom. The summed E-state index contributed by atoms with van der Waals surface area (Å²) in [5.74, 6) is -1.55. The minimum absolute atomic E-state index is 0.115. The monoisotopic (exact) mass is 446 g/mol. The van der Waals surface area contributed by atoms with Crippen LogP contribution in [0, 0.1) is 0 Å². The molecule has 1 aliphatic carbocycles. The van der Waals surface area contributed by atoms with Crippen LogP contribution >= 0.6 is 11.8 Å². The summed E-state index contributed by atoms with van der Waals surface area (Å²) in [6.45, 7) is 2.19. The molecule has 170 valence electrons. The lowest BCUT2D eigenvalue weighted by atomic mass is 9.96. The van der Waals surface area contributed by atoms with E-state index in [0.717, 1.165) is 73.4 Å². The van der Waals surface area contributed by atoms with Crippen molar-refractivity contribution in [3.8, 4) is 0 Å². The van der Waals surface area contributed by atoms with Crippen LogP contribution in [0.3, 0.4) is 0 Å². The van der Waals surface area contributed by atoms with E-state index in [9.17, 15) is 19.8 Å². The molecule has 1 heterocycles. The average Bonchev–Trinajstić information content (AvgIpc) is 3.12. The Balaban J connectivity index is 1.67. The maximum atomic E-state index is 12.1. The van der Waals surface area contributed by atoms with Gasteiger partial charge in [0.1, 0.15) is 11.3 Å². The Hall–Kier alpha value is -1.95. The predicted octanol–water partition coefficient (Wildman–Crippen LogP) is 6.84. The Kier molecular flexibility index (Phi) is 8.47. The summed E-state index contributed by atoms with van der Waals surface area (Å²) in [6, 6.07) is 5.61. The van der Waals surface area contributed by atoms with Crippen LogP contribution < -0.4 is 0 Å². The van der Waals surface area contributed by atoms with Gasteiger partial charge in [-0.1, -0.05) is 70.1 Å². The highest BCUT2D eigenvalue weighted by molar-refractivity contribution is 8.02. The number of carboxylic acid groups (broad SMARTS) is 2. The Bertz CT molecular complexity index is 887. The molecule has 0 saturated heterocycles. The maximum absolute atomic E-state index is 12.1. The van der Waals surface area contributed by atoms with E-state index in [1.54, 1.807) is 0 Å². The fourth-order valence-electron chi connectivity index (χ4n) is 4.46. The molecule has 2 N–H and O–H groups in total. The lowest BCUT2D eigenvalue weighted by molar-refractivity contribution is -0.152. The molecular formula is C25H34O5S. The molecule has 3 rings (SSSR count). The van der Waals surface area contributed by atoms with Gasteiger partial charge in [0.05, 0.1) is 0 Å². The number of aryl methyl sites for hydroxylation is 2. The zero-order valence-electron chi connectivity index (χ0n) is 18.5.